The van der Waals surface area contributed by atoms with Crippen LogP contribution in [0.1, 0.15) is 25.3 Å². The zero-order valence-electron chi connectivity index (χ0n) is 14.6. The summed E-state index contributed by atoms with van der Waals surface area (Å²) < 4.78 is 5.13. The highest BCUT2D eigenvalue weighted by Crippen LogP contribution is 2.36. The molecule has 0 aliphatic carbocycles. The van der Waals surface area contributed by atoms with Crippen molar-refractivity contribution in [2.24, 2.45) is 5.10 Å². The van der Waals surface area contributed by atoms with Crippen LogP contribution in [0, 0.1) is 0 Å². The van der Waals surface area contributed by atoms with E-state index in [9.17, 15) is 9.90 Å². The van der Waals surface area contributed by atoms with E-state index in [1.165, 1.54) is 12.1 Å². The zero-order chi connectivity index (χ0) is 18.7. The number of aromatic hydroxyl groups is 1. The van der Waals surface area contributed by atoms with E-state index in [0.717, 1.165) is 17.8 Å². The summed E-state index contributed by atoms with van der Waals surface area (Å²) in [6.45, 7) is 2.04. The molecule has 5 nitrogen and oxygen atoms in total. The van der Waals surface area contributed by atoms with Crippen molar-refractivity contribution >= 4 is 35.0 Å². The third-order valence-corrected chi connectivity index (χ3v) is 4.31. The van der Waals surface area contributed by atoms with Gasteiger partial charge in [0, 0.05) is 0 Å². The Hall–Kier alpha value is -2.79. The Morgan fingerprint density at radius 1 is 1.27 bits per heavy atom. The largest absolute Gasteiger partial charge is 0.503 e. The fourth-order valence-corrected chi connectivity index (χ4v) is 2.99. The number of phenolic OH excluding ortho intramolecular Hbond substituents is 1. The highest BCUT2D eigenvalue weighted by atomic mass is 35.5. The number of amides is 1. The Morgan fingerprint density at radius 2 is 2.00 bits per heavy atom. The maximum absolute atomic E-state index is 12.9. The van der Waals surface area contributed by atoms with Crippen LogP contribution < -0.4 is 9.75 Å². The van der Waals surface area contributed by atoms with Gasteiger partial charge in [0.2, 0.25) is 0 Å². The summed E-state index contributed by atoms with van der Waals surface area (Å²) in [5.74, 6) is -0.0612. The van der Waals surface area contributed by atoms with Gasteiger partial charge in [0.15, 0.2) is 11.5 Å². The van der Waals surface area contributed by atoms with Crippen molar-refractivity contribution in [1.82, 2.24) is 0 Å². The summed E-state index contributed by atoms with van der Waals surface area (Å²) in [6.07, 6.45) is 3.28. The van der Waals surface area contributed by atoms with E-state index in [1.54, 1.807) is 18.2 Å². The Balaban J connectivity index is 2.03. The Morgan fingerprint density at radius 3 is 2.65 bits per heavy atom. The van der Waals surface area contributed by atoms with Gasteiger partial charge in [-0.25, -0.2) is 0 Å². The molecule has 0 spiro atoms. The van der Waals surface area contributed by atoms with Gasteiger partial charge < -0.3 is 9.84 Å². The SMILES string of the molecule is CCCC1=NN(c2ccccc2)C(=O)C1=Cc1cc(Cl)c(O)c(OC)c1. The van der Waals surface area contributed by atoms with Crippen LogP contribution >= 0.6 is 11.6 Å². The van der Waals surface area contributed by atoms with Gasteiger partial charge in [-0.05, 0) is 42.3 Å². The number of para-hydroxylation sites is 1. The summed E-state index contributed by atoms with van der Waals surface area (Å²) >= 11 is 6.06. The van der Waals surface area contributed by atoms with Gasteiger partial charge in [-0.3, -0.25) is 4.79 Å². The Labute approximate surface area is 157 Å². The molecule has 0 atom stereocenters. The summed E-state index contributed by atoms with van der Waals surface area (Å²) in [5.41, 5.74) is 2.62. The van der Waals surface area contributed by atoms with Gasteiger partial charge in [0.25, 0.3) is 5.91 Å². The van der Waals surface area contributed by atoms with Gasteiger partial charge in [-0.1, -0.05) is 43.1 Å². The molecule has 0 saturated carbocycles. The van der Waals surface area contributed by atoms with Crippen molar-refractivity contribution in [3.8, 4) is 11.5 Å². The highest BCUT2D eigenvalue weighted by Gasteiger charge is 2.30. The highest BCUT2D eigenvalue weighted by molar-refractivity contribution is 6.34. The molecule has 1 aliphatic heterocycles. The summed E-state index contributed by atoms with van der Waals surface area (Å²) in [6, 6.07) is 12.5. The fourth-order valence-electron chi connectivity index (χ4n) is 2.77. The molecule has 0 radical (unpaired) electrons. The first-order valence-electron chi connectivity index (χ1n) is 8.30. The molecular weight excluding hydrogens is 352 g/mol. The van der Waals surface area contributed by atoms with Crippen molar-refractivity contribution in [3.05, 3.63) is 58.6 Å². The molecule has 0 saturated heterocycles. The lowest BCUT2D eigenvalue weighted by molar-refractivity contribution is -0.114. The van der Waals surface area contributed by atoms with Crippen LogP contribution in [0.3, 0.4) is 0 Å². The average Bonchev–Trinajstić information content (AvgIpc) is 2.95. The van der Waals surface area contributed by atoms with Crippen LogP contribution in [0.25, 0.3) is 6.08 Å². The molecule has 1 heterocycles. The second-order valence-electron chi connectivity index (χ2n) is 5.86. The van der Waals surface area contributed by atoms with Crippen LogP contribution in [-0.4, -0.2) is 23.8 Å². The third-order valence-electron chi connectivity index (χ3n) is 4.02. The van der Waals surface area contributed by atoms with E-state index in [1.807, 2.05) is 37.3 Å². The first kappa shape index (κ1) is 18.0. The van der Waals surface area contributed by atoms with Gasteiger partial charge in [-0.15, -0.1) is 0 Å². The summed E-state index contributed by atoms with van der Waals surface area (Å²) in [5, 5.41) is 16.0. The lowest BCUT2D eigenvalue weighted by Gasteiger charge is -2.11. The number of phenols is 1. The first-order valence-corrected chi connectivity index (χ1v) is 8.68. The number of methoxy groups -OCH3 is 1. The number of carbonyl (C=O) groups is 1. The number of halogens is 1. The van der Waals surface area contributed by atoms with Gasteiger partial charge >= 0.3 is 0 Å². The molecule has 0 bridgehead atoms. The van der Waals surface area contributed by atoms with E-state index in [2.05, 4.69) is 5.10 Å². The van der Waals surface area contributed by atoms with E-state index >= 15 is 0 Å². The molecular formula is C20H19ClN2O3. The Bertz CT molecular complexity index is 891. The quantitative estimate of drug-likeness (QED) is 0.780. The maximum atomic E-state index is 12.9. The molecule has 2 aromatic carbocycles. The van der Waals surface area contributed by atoms with Gasteiger partial charge in [-0.2, -0.15) is 10.1 Å². The normalized spacial score (nSPS) is 15.5. The summed E-state index contributed by atoms with van der Waals surface area (Å²) in [7, 11) is 1.45. The minimum Gasteiger partial charge on any atom is -0.503 e. The number of anilines is 1. The first-order chi connectivity index (χ1) is 12.5. The minimum absolute atomic E-state index is 0.123. The molecule has 1 N–H and O–H groups in total. The number of hydrogen-bond donors (Lipinski definition) is 1. The van der Waals surface area contributed by atoms with Crippen LogP contribution in [0.4, 0.5) is 5.69 Å². The van der Waals surface area contributed by atoms with E-state index in [0.29, 0.717) is 17.6 Å². The van der Waals surface area contributed by atoms with Crippen LogP contribution in [-0.2, 0) is 4.79 Å². The average molecular weight is 371 g/mol. The van der Waals surface area contributed by atoms with Crippen molar-refractivity contribution in [1.29, 1.82) is 0 Å². The van der Waals surface area contributed by atoms with Crippen molar-refractivity contribution in [2.75, 3.05) is 12.1 Å². The third kappa shape index (κ3) is 3.44. The predicted molar refractivity (Wildman–Crippen MR) is 104 cm³/mol. The lowest BCUT2D eigenvalue weighted by Crippen LogP contribution is -2.21. The zero-order valence-corrected chi connectivity index (χ0v) is 15.3. The Kier molecular flexibility index (Phi) is 5.28. The molecule has 3 rings (SSSR count). The predicted octanol–water partition coefficient (Wildman–Crippen LogP) is 4.64. The number of rotatable bonds is 5. The molecule has 1 amide bonds. The monoisotopic (exact) mass is 370 g/mol. The molecule has 1 aliphatic rings. The van der Waals surface area contributed by atoms with Crippen LogP contribution in [0.5, 0.6) is 11.5 Å². The van der Waals surface area contributed by atoms with E-state index in [-0.39, 0.29) is 22.4 Å². The number of ether oxygens (including phenoxy) is 1. The molecule has 0 fully saturated rings. The van der Waals surface area contributed by atoms with Crippen molar-refractivity contribution < 1.29 is 14.6 Å². The molecule has 26 heavy (non-hydrogen) atoms. The van der Waals surface area contributed by atoms with Gasteiger partial charge in [0.1, 0.15) is 0 Å². The lowest BCUT2D eigenvalue weighted by atomic mass is 10.0. The second kappa shape index (κ2) is 7.62. The van der Waals surface area contributed by atoms with Crippen molar-refractivity contribution in [2.45, 2.75) is 19.8 Å². The van der Waals surface area contributed by atoms with E-state index < -0.39 is 0 Å². The topological polar surface area (TPSA) is 62.1 Å². The standard InChI is InChI=1S/C20H19ClN2O3/c1-3-7-17-15(10-13-11-16(21)19(24)18(12-13)26-2)20(25)23(22-17)14-8-5-4-6-9-14/h4-6,8-12,24H,3,7H2,1-2H3. The van der Waals surface area contributed by atoms with Crippen molar-refractivity contribution in [3.63, 3.8) is 0 Å². The molecule has 2 aromatic rings. The molecule has 0 unspecified atom stereocenters. The van der Waals surface area contributed by atoms with Crippen LogP contribution in [0.2, 0.25) is 5.02 Å². The molecule has 6 heteroatoms. The number of nitrogens with zero attached hydrogens (tertiary/aromatic N) is 2. The maximum Gasteiger partial charge on any atom is 0.280 e. The number of benzene rings is 2. The minimum atomic E-state index is -0.192. The molecule has 134 valence electrons. The van der Waals surface area contributed by atoms with Crippen LogP contribution in [0.15, 0.2) is 53.1 Å². The second-order valence-corrected chi connectivity index (χ2v) is 6.27. The molecule has 0 aromatic heterocycles. The van der Waals surface area contributed by atoms with E-state index in [4.69, 9.17) is 16.3 Å². The van der Waals surface area contributed by atoms with Gasteiger partial charge in [0.05, 0.1) is 29.1 Å². The number of hydrazone groups is 1. The fraction of sp³-hybridized carbons (Fsp3) is 0.200. The summed E-state index contributed by atoms with van der Waals surface area (Å²) in [4.78, 5) is 12.9. The number of hydrogen-bond acceptors (Lipinski definition) is 4. The smallest absolute Gasteiger partial charge is 0.280 e. The number of carbonyl (C=O) groups excluding carboxylic acids is 1.